The lowest BCUT2D eigenvalue weighted by molar-refractivity contribution is 0.279. The van der Waals surface area contributed by atoms with Gasteiger partial charge in [-0.2, -0.15) is 0 Å². The zero-order valence-electron chi connectivity index (χ0n) is 4.46. The highest BCUT2D eigenvalue weighted by molar-refractivity contribution is 7.77. The molecule has 0 rings (SSSR count). The normalized spacial score (nSPS) is 10.3. The van der Waals surface area contributed by atoms with Gasteiger partial charge in [-0.3, -0.25) is 4.31 Å². The molecule has 0 aromatic carbocycles. The van der Waals surface area contributed by atoms with Gasteiger partial charge in [0.25, 0.3) is 0 Å². The number of hydrogen-bond donors (Lipinski definition) is 2. The molecule has 0 aliphatic heterocycles. The summed E-state index contributed by atoms with van der Waals surface area (Å²) in [5.74, 6) is 0. The summed E-state index contributed by atoms with van der Waals surface area (Å²) in [5.41, 5.74) is 0. The van der Waals surface area contributed by atoms with Crippen molar-refractivity contribution in [2.24, 2.45) is 0 Å². The van der Waals surface area contributed by atoms with Crippen LogP contribution in [-0.2, 0) is 0 Å². The van der Waals surface area contributed by atoms with Crippen LogP contribution in [0.2, 0.25) is 0 Å². The average molecular weight is 121 g/mol. The lowest BCUT2D eigenvalue weighted by atomic mass is 10.5. The molecule has 0 saturated heterocycles. The van der Waals surface area contributed by atoms with Crippen LogP contribution in [-0.4, -0.2) is 29.6 Å². The van der Waals surface area contributed by atoms with Crippen molar-refractivity contribution in [3.8, 4) is 0 Å². The topological polar surface area (TPSA) is 23.5 Å². The molecule has 0 saturated carbocycles. The van der Waals surface area contributed by atoms with Gasteiger partial charge in [-0.1, -0.05) is 12.8 Å². The van der Waals surface area contributed by atoms with Crippen LogP contribution in [0.1, 0.15) is 6.42 Å². The molecule has 2 nitrogen and oxygen atoms in total. The summed E-state index contributed by atoms with van der Waals surface area (Å²) < 4.78 is 1.75. The minimum absolute atomic E-state index is 0.255. The van der Waals surface area contributed by atoms with Gasteiger partial charge in [0.15, 0.2) is 0 Å². The summed E-state index contributed by atoms with van der Waals surface area (Å²) in [7, 11) is 1.86. The van der Waals surface area contributed by atoms with Gasteiger partial charge in [0.2, 0.25) is 0 Å². The second kappa shape index (κ2) is 4.43. The molecule has 0 radical (unpaired) electrons. The minimum Gasteiger partial charge on any atom is -0.396 e. The molecule has 44 valence electrons. The van der Waals surface area contributed by atoms with Crippen molar-refractivity contribution >= 4 is 12.8 Å². The number of aliphatic hydroxyl groups is 1. The summed E-state index contributed by atoms with van der Waals surface area (Å²) in [6.07, 6.45) is 0.806. The Balaban J connectivity index is 2.68. The predicted molar refractivity (Wildman–Crippen MR) is 33.3 cm³/mol. The fourth-order valence-electron chi connectivity index (χ4n) is 0.300. The first-order chi connectivity index (χ1) is 3.27. The summed E-state index contributed by atoms with van der Waals surface area (Å²) in [5, 5.41) is 8.25. The molecule has 0 aliphatic rings. The maximum absolute atomic E-state index is 8.25. The predicted octanol–water partition coefficient (Wildman–Crippen LogP) is 0.145. The fourth-order valence-corrected chi connectivity index (χ4v) is 0.441. The Kier molecular flexibility index (Phi) is 4.60. The van der Waals surface area contributed by atoms with Gasteiger partial charge in [0.1, 0.15) is 0 Å². The quantitative estimate of drug-likeness (QED) is 0.519. The van der Waals surface area contributed by atoms with E-state index in [1.807, 2.05) is 7.05 Å². The lowest BCUT2D eigenvalue weighted by Crippen LogP contribution is -2.07. The molecule has 0 aromatic heterocycles. The monoisotopic (exact) mass is 121 g/mol. The smallest absolute Gasteiger partial charge is 0.0443 e. The number of aliphatic hydroxyl groups excluding tert-OH is 1. The maximum Gasteiger partial charge on any atom is 0.0443 e. The number of hydrogen-bond acceptors (Lipinski definition) is 3. The summed E-state index contributed by atoms with van der Waals surface area (Å²) in [4.78, 5) is 0. The number of thiol groups is 1. The molecule has 7 heavy (non-hydrogen) atoms. The third-order valence-electron chi connectivity index (χ3n) is 0.640. The summed E-state index contributed by atoms with van der Waals surface area (Å²) in [6.45, 7) is 1.10. The van der Waals surface area contributed by atoms with Crippen molar-refractivity contribution in [1.82, 2.24) is 4.31 Å². The summed E-state index contributed by atoms with van der Waals surface area (Å²) in [6, 6.07) is 0. The Labute approximate surface area is 49.7 Å². The van der Waals surface area contributed by atoms with E-state index in [9.17, 15) is 0 Å². The van der Waals surface area contributed by atoms with Gasteiger partial charge in [0.05, 0.1) is 0 Å². The van der Waals surface area contributed by atoms with Crippen molar-refractivity contribution in [1.29, 1.82) is 0 Å². The Bertz CT molecular complexity index is 40.7. The van der Waals surface area contributed by atoms with Crippen LogP contribution in [0.3, 0.4) is 0 Å². The van der Waals surface area contributed by atoms with Gasteiger partial charge < -0.3 is 5.11 Å². The molecule has 1 N–H and O–H groups in total. The number of nitrogens with zero attached hydrogens (tertiary/aromatic N) is 1. The third-order valence-corrected chi connectivity index (χ3v) is 0.840. The van der Waals surface area contributed by atoms with Crippen molar-refractivity contribution in [3.05, 3.63) is 0 Å². The Hall–Kier alpha value is 0.270. The van der Waals surface area contributed by atoms with Crippen molar-refractivity contribution < 1.29 is 5.11 Å². The highest BCUT2D eigenvalue weighted by Crippen LogP contribution is 1.86. The standard InChI is InChI=1S/C4H11NOS/c1-5(7)3-2-4-6/h6-7H,2-4H2,1H3. The number of rotatable bonds is 3. The van der Waals surface area contributed by atoms with Crippen LogP contribution < -0.4 is 0 Å². The average Bonchev–Trinajstić information content (AvgIpc) is 1.61. The summed E-state index contributed by atoms with van der Waals surface area (Å²) >= 11 is 3.95. The van der Waals surface area contributed by atoms with E-state index in [0.29, 0.717) is 0 Å². The lowest BCUT2D eigenvalue weighted by Gasteiger charge is -2.03. The molecule has 0 amide bonds. The minimum atomic E-state index is 0.255. The Morgan fingerprint density at radius 1 is 1.71 bits per heavy atom. The molecule has 0 spiro atoms. The van der Waals surface area contributed by atoms with E-state index in [-0.39, 0.29) is 6.61 Å². The molecule has 0 atom stereocenters. The Morgan fingerprint density at radius 2 is 2.29 bits per heavy atom. The first kappa shape index (κ1) is 7.27. The van der Waals surface area contributed by atoms with Gasteiger partial charge in [0, 0.05) is 13.2 Å². The van der Waals surface area contributed by atoms with Crippen molar-refractivity contribution in [2.45, 2.75) is 6.42 Å². The molecular formula is C4H11NOS. The van der Waals surface area contributed by atoms with Crippen LogP contribution in [0, 0.1) is 0 Å². The molecule has 0 bridgehead atoms. The van der Waals surface area contributed by atoms with Crippen molar-refractivity contribution in [3.63, 3.8) is 0 Å². The van der Waals surface area contributed by atoms with Crippen LogP contribution in [0.15, 0.2) is 0 Å². The third kappa shape index (κ3) is 6.27. The molecule has 0 aliphatic carbocycles. The zero-order valence-corrected chi connectivity index (χ0v) is 5.36. The fraction of sp³-hybridized carbons (Fsp3) is 1.00. The molecule has 3 heteroatoms. The zero-order chi connectivity index (χ0) is 5.70. The first-order valence-electron chi connectivity index (χ1n) is 2.28. The van der Waals surface area contributed by atoms with Gasteiger partial charge in [-0.25, -0.2) is 0 Å². The van der Waals surface area contributed by atoms with Gasteiger partial charge >= 0.3 is 0 Å². The highest BCUT2D eigenvalue weighted by atomic mass is 32.1. The van der Waals surface area contributed by atoms with E-state index >= 15 is 0 Å². The van der Waals surface area contributed by atoms with E-state index in [1.165, 1.54) is 0 Å². The molecule has 0 unspecified atom stereocenters. The van der Waals surface area contributed by atoms with Crippen LogP contribution in [0.5, 0.6) is 0 Å². The molecular weight excluding hydrogens is 110 g/mol. The van der Waals surface area contributed by atoms with E-state index in [0.717, 1.165) is 13.0 Å². The SMILES string of the molecule is CN(S)CCCO. The van der Waals surface area contributed by atoms with E-state index in [2.05, 4.69) is 12.8 Å². The second-order valence-electron chi connectivity index (χ2n) is 1.46. The first-order valence-corrected chi connectivity index (χ1v) is 2.68. The van der Waals surface area contributed by atoms with Crippen molar-refractivity contribution in [2.75, 3.05) is 20.2 Å². The molecule has 0 aromatic rings. The van der Waals surface area contributed by atoms with Crippen LogP contribution in [0.4, 0.5) is 0 Å². The Morgan fingerprint density at radius 3 is 2.43 bits per heavy atom. The largest absolute Gasteiger partial charge is 0.396 e. The van der Waals surface area contributed by atoms with Crippen LogP contribution in [0.25, 0.3) is 0 Å². The molecule has 0 fully saturated rings. The highest BCUT2D eigenvalue weighted by Gasteiger charge is 1.85. The van der Waals surface area contributed by atoms with Gasteiger partial charge in [-0.15, -0.1) is 0 Å². The van der Waals surface area contributed by atoms with E-state index in [4.69, 9.17) is 5.11 Å². The maximum atomic E-state index is 8.25. The van der Waals surface area contributed by atoms with E-state index in [1.54, 1.807) is 4.31 Å². The second-order valence-corrected chi connectivity index (χ2v) is 2.14. The van der Waals surface area contributed by atoms with Gasteiger partial charge in [-0.05, 0) is 13.5 Å². The van der Waals surface area contributed by atoms with E-state index < -0.39 is 0 Å². The van der Waals surface area contributed by atoms with Crippen LogP contribution >= 0.6 is 12.8 Å². The molecule has 0 heterocycles.